The number of anilines is 1. The number of aryl methyl sites for hydroxylation is 1. The van der Waals surface area contributed by atoms with Crippen LogP contribution in [-0.4, -0.2) is 54.8 Å². The molecule has 1 fully saturated rings. The lowest BCUT2D eigenvalue weighted by Gasteiger charge is -2.30. The smallest absolute Gasteiger partial charge is 0.308 e. The van der Waals surface area contributed by atoms with Crippen LogP contribution in [0.25, 0.3) is 0 Å². The van der Waals surface area contributed by atoms with E-state index in [1.807, 2.05) is 36.1 Å². The Morgan fingerprint density at radius 2 is 1.97 bits per heavy atom. The van der Waals surface area contributed by atoms with E-state index in [4.69, 9.17) is 4.74 Å². The van der Waals surface area contributed by atoms with E-state index in [0.29, 0.717) is 32.0 Å². The van der Waals surface area contributed by atoms with Crippen molar-refractivity contribution in [3.63, 3.8) is 0 Å². The molecule has 3 rings (SSSR count). The van der Waals surface area contributed by atoms with Gasteiger partial charge in [-0.3, -0.25) is 19.7 Å². The van der Waals surface area contributed by atoms with Gasteiger partial charge in [-0.2, -0.15) is 0 Å². The first-order valence-corrected chi connectivity index (χ1v) is 10.0. The molecule has 164 valence electrons. The van der Waals surface area contributed by atoms with E-state index in [1.54, 1.807) is 6.07 Å². The van der Waals surface area contributed by atoms with Crippen LogP contribution in [0.5, 0.6) is 0 Å². The van der Waals surface area contributed by atoms with Crippen molar-refractivity contribution in [3.8, 4) is 0 Å². The van der Waals surface area contributed by atoms with E-state index in [1.165, 1.54) is 12.1 Å². The van der Waals surface area contributed by atoms with Crippen molar-refractivity contribution < 1.29 is 24.4 Å². The van der Waals surface area contributed by atoms with Gasteiger partial charge in [0.05, 0.1) is 35.3 Å². The maximum Gasteiger partial charge on any atom is 0.308 e. The molecule has 0 aliphatic carbocycles. The molecule has 1 aliphatic heterocycles. The molecule has 9 heteroatoms. The highest BCUT2D eigenvalue weighted by atomic mass is 16.6. The number of carboxylic acid groups (broad SMARTS) is 1. The maximum absolute atomic E-state index is 12.9. The summed E-state index contributed by atoms with van der Waals surface area (Å²) in [5.41, 5.74) is 2.41. The van der Waals surface area contributed by atoms with Gasteiger partial charge in [0.1, 0.15) is 0 Å². The fourth-order valence-electron chi connectivity index (χ4n) is 3.58. The number of rotatable bonds is 8. The standard InChI is InChI=1S/C22H25N3O6/c1-15-3-2-4-16(11-15)12-17(22(27)28)14-23-21(26)19-13-18(25(29)30)5-6-20(19)24-7-9-31-10-8-24/h2-6,11,13,17H,7-10,12,14H2,1H3,(H,23,26)(H,27,28)/t17-/m1/s1. The Hall–Kier alpha value is -3.46. The second kappa shape index (κ2) is 10.0. The minimum Gasteiger partial charge on any atom is -0.481 e. The average Bonchev–Trinajstić information content (AvgIpc) is 2.76. The second-order valence-electron chi connectivity index (χ2n) is 7.50. The number of nitro benzene ring substituents is 1. The minimum absolute atomic E-state index is 0.0899. The first-order valence-electron chi connectivity index (χ1n) is 10.0. The van der Waals surface area contributed by atoms with E-state index in [9.17, 15) is 24.8 Å². The molecule has 31 heavy (non-hydrogen) atoms. The summed E-state index contributed by atoms with van der Waals surface area (Å²) in [7, 11) is 0. The van der Waals surface area contributed by atoms with Gasteiger partial charge in [0.2, 0.25) is 0 Å². The lowest BCUT2D eigenvalue weighted by molar-refractivity contribution is -0.384. The van der Waals surface area contributed by atoms with Crippen LogP contribution in [0.3, 0.4) is 0 Å². The van der Waals surface area contributed by atoms with Crippen molar-refractivity contribution >= 4 is 23.3 Å². The van der Waals surface area contributed by atoms with E-state index < -0.39 is 22.7 Å². The van der Waals surface area contributed by atoms with Gasteiger partial charge in [-0.15, -0.1) is 0 Å². The van der Waals surface area contributed by atoms with E-state index >= 15 is 0 Å². The molecule has 1 heterocycles. The lowest BCUT2D eigenvalue weighted by Crippen LogP contribution is -2.39. The van der Waals surface area contributed by atoms with Crippen molar-refractivity contribution in [3.05, 3.63) is 69.3 Å². The highest BCUT2D eigenvalue weighted by Gasteiger charge is 2.24. The summed E-state index contributed by atoms with van der Waals surface area (Å²) in [5.74, 6) is -2.38. The monoisotopic (exact) mass is 427 g/mol. The molecule has 0 bridgehead atoms. The van der Waals surface area contributed by atoms with Gasteiger partial charge in [0, 0.05) is 31.8 Å². The topological polar surface area (TPSA) is 122 Å². The molecule has 0 radical (unpaired) electrons. The van der Waals surface area contributed by atoms with Crippen LogP contribution in [0.4, 0.5) is 11.4 Å². The van der Waals surface area contributed by atoms with Crippen LogP contribution < -0.4 is 10.2 Å². The molecule has 0 saturated carbocycles. The van der Waals surface area contributed by atoms with Crippen LogP contribution in [0.1, 0.15) is 21.5 Å². The summed E-state index contributed by atoms with van der Waals surface area (Å²) in [5, 5.41) is 23.5. The normalized spacial score (nSPS) is 14.7. The largest absolute Gasteiger partial charge is 0.481 e. The van der Waals surface area contributed by atoms with Gasteiger partial charge < -0.3 is 20.1 Å². The van der Waals surface area contributed by atoms with Crippen molar-refractivity contribution in [2.24, 2.45) is 5.92 Å². The molecule has 1 atom stereocenters. The van der Waals surface area contributed by atoms with Crippen LogP contribution in [0.2, 0.25) is 0 Å². The third-order valence-corrected chi connectivity index (χ3v) is 5.21. The van der Waals surface area contributed by atoms with Crippen LogP contribution >= 0.6 is 0 Å². The van der Waals surface area contributed by atoms with Crippen LogP contribution in [-0.2, 0) is 16.0 Å². The van der Waals surface area contributed by atoms with Crippen LogP contribution in [0, 0.1) is 23.0 Å². The first-order chi connectivity index (χ1) is 14.8. The number of morpholine rings is 1. The number of nitrogens with one attached hydrogen (secondary N) is 1. The van der Waals surface area contributed by atoms with Gasteiger partial charge in [-0.25, -0.2) is 0 Å². The van der Waals surface area contributed by atoms with Gasteiger partial charge in [-0.05, 0) is 25.0 Å². The number of hydrogen-bond donors (Lipinski definition) is 2. The maximum atomic E-state index is 12.9. The SMILES string of the molecule is Cc1cccc(C[C@H](CNC(=O)c2cc([N+](=O)[O-])ccc2N2CCOCC2)C(=O)O)c1. The predicted octanol–water partition coefficient (Wildman–Crippen LogP) is 2.41. The minimum atomic E-state index is -1.02. The summed E-state index contributed by atoms with van der Waals surface area (Å²) >= 11 is 0. The number of nitro groups is 1. The molecule has 1 saturated heterocycles. The number of carbonyl (C=O) groups excluding carboxylic acids is 1. The zero-order chi connectivity index (χ0) is 22.4. The highest BCUT2D eigenvalue weighted by molar-refractivity contribution is 6.00. The number of nitrogens with zero attached hydrogens (tertiary/aromatic N) is 2. The van der Waals surface area contributed by atoms with Crippen molar-refractivity contribution in [1.82, 2.24) is 5.32 Å². The predicted molar refractivity (Wildman–Crippen MR) is 114 cm³/mol. The number of amides is 1. The Bertz CT molecular complexity index is 971. The Morgan fingerprint density at radius 1 is 1.23 bits per heavy atom. The Kier molecular flexibility index (Phi) is 7.19. The van der Waals surface area contributed by atoms with E-state index in [2.05, 4.69) is 5.32 Å². The molecule has 9 nitrogen and oxygen atoms in total. The third kappa shape index (κ3) is 5.79. The Morgan fingerprint density at radius 3 is 2.61 bits per heavy atom. The van der Waals surface area contributed by atoms with Gasteiger partial charge in [0.15, 0.2) is 0 Å². The van der Waals surface area contributed by atoms with E-state index in [-0.39, 0.29) is 24.2 Å². The number of carboxylic acids is 1. The number of hydrogen-bond acceptors (Lipinski definition) is 6. The van der Waals surface area contributed by atoms with E-state index in [0.717, 1.165) is 11.1 Å². The lowest BCUT2D eigenvalue weighted by atomic mass is 9.98. The molecular formula is C22H25N3O6. The van der Waals surface area contributed by atoms with Crippen molar-refractivity contribution in [2.75, 3.05) is 37.7 Å². The molecule has 0 spiro atoms. The second-order valence-corrected chi connectivity index (χ2v) is 7.50. The summed E-state index contributed by atoms with van der Waals surface area (Å²) in [6.45, 7) is 3.95. The fraction of sp³-hybridized carbons (Fsp3) is 0.364. The summed E-state index contributed by atoms with van der Waals surface area (Å²) in [6.07, 6.45) is 0.266. The molecule has 1 amide bonds. The summed E-state index contributed by atoms with van der Waals surface area (Å²) in [6, 6.07) is 11.7. The van der Waals surface area contributed by atoms with Crippen molar-refractivity contribution in [2.45, 2.75) is 13.3 Å². The number of aliphatic carboxylic acids is 1. The number of non-ortho nitro benzene ring substituents is 1. The number of benzene rings is 2. The molecule has 1 aliphatic rings. The summed E-state index contributed by atoms with van der Waals surface area (Å²) < 4.78 is 5.34. The van der Waals surface area contributed by atoms with Crippen LogP contribution in [0.15, 0.2) is 42.5 Å². The number of carbonyl (C=O) groups is 2. The molecule has 2 aromatic rings. The van der Waals surface area contributed by atoms with Gasteiger partial charge in [0.25, 0.3) is 11.6 Å². The quantitative estimate of drug-likeness (QED) is 0.490. The average molecular weight is 427 g/mol. The molecule has 2 aromatic carbocycles. The van der Waals surface area contributed by atoms with Crippen molar-refractivity contribution in [1.29, 1.82) is 0 Å². The molecule has 0 aromatic heterocycles. The first kappa shape index (κ1) is 22.2. The van der Waals surface area contributed by atoms with Gasteiger partial charge >= 0.3 is 5.97 Å². The zero-order valence-corrected chi connectivity index (χ0v) is 17.2. The fourth-order valence-corrected chi connectivity index (χ4v) is 3.58. The molecule has 0 unspecified atom stereocenters. The van der Waals surface area contributed by atoms with Gasteiger partial charge in [-0.1, -0.05) is 29.8 Å². The number of ether oxygens (including phenoxy) is 1. The Labute approximate surface area is 179 Å². The highest BCUT2D eigenvalue weighted by Crippen LogP contribution is 2.26. The molecule has 2 N–H and O–H groups in total. The zero-order valence-electron chi connectivity index (χ0n) is 17.2. The summed E-state index contributed by atoms with van der Waals surface area (Å²) in [4.78, 5) is 37.3. The third-order valence-electron chi connectivity index (χ3n) is 5.21. The molecular weight excluding hydrogens is 402 g/mol. The Balaban J connectivity index is 1.77.